The van der Waals surface area contributed by atoms with Crippen molar-refractivity contribution >= 4 is 5.69 Å². The van der Waals surface area contributed by atoms with Gasteiger partial charge in [-0.3, -0.25) is 0 Å². The first kappa shape index (κ1) is 14.4. The van der Waals surface area contributed by atoms with Crippen LogP contribution in [-0.2, 0) is 6.54 Å². The van der Waals surface area contributed by atoms with Crippen LogP contribution in [-0.4, -0.2) is 19.6 Å². The van der Waals surface area contributed by atoms with Crippen LogP contribution < -0.4 is 10.2 Å². The first-order valence-corrected chi connectivity index (χ1v) is 7.73. The number of nitrogens with zero attached hydrogens (tertiary/aromatic N) is 1. The molecule has 2 nitrogen and oxygen atoms in total. The first-order valence-electron chi connectivity index (χ1n) is 7.73. The van der Waals surface area contributed by atoms with Crippen molar-refractivity contribution in [2.45, 2.75) is 52.1 Å². The van der Waals surface area contributed by atoms with Crippen molar-refractivity contribution in [3.05, 3.63) is 29.8 Å². The summed E-state index contributed by atoms with van der Waals surface area (Å²) in [5, 5.41) is 3.37. The summed E-state index contributed by atoms with van der Waals surface area (Å²) >= 11 is 0. The van der Waals surface area contributed by atoms with Crippen LogP contribution in [0.15, 0.2) is 24.3 Å². The van der Waals surface area contributed by atoms with Crippen LogP contribution in [0.25, 0.3) is 0 Å². The third-order valence-corrected chi connectivity index (χ3v) is 4.38. The van der Waals surface area contributed by atoms with E-state index in [9.17, 15) is 0 Å². The summed E-state index contributed by atoms with van der Waals surface area (Å²) in [6, 6.07) is 9.77. The Morgan fingerprint density at radius 3 is 2.58 bits per heavy atom. The molecule has 0 saturated heterocycles. The van der Waals surface area contributed by atoms with Gasteiger partial charge in [0.25, 0.3) is 0 Å². The number of hydrogen-bond donors (Lipinski definition) is 1. The van der Waals surface area contributed by atoms with Crippen molar-refractivity contribution in [1.29, 1.82) is 0 Å². The third kappa shape index (κ3) is 3.97. The SMILES string of the molecule is CCNCc1ccc(N(C)C2CCCC(C)C2)cc1. The van der Waals surface area contributed by atoms with Gasteiger partial charge in [0.15, 0.2) is 0 Å². The van der Waals surface area contributed by atoms with E-state index in [1.54, 1.807) is 0 Å². The maximum absolute atomic E-state index is 3.37. The Bertz CT molecular complexity index is 371. The molecular weight excluding hydrogens is 232 g/mol. The highest BCUT2D eigenvalue weighted by atomic mass is 15.1. The Morgan fingerprint density at radius 1 is 1.21 bits per heavy atom. The second-order valence-corrected chi connectivity index (χ2v) is 5.98. The Balaban J connectivity index is 1.96. The number of hydrogen-bond acceptors (Lipinski definition) is 2. The Labute approximate surface area is 118 Å². The Hall–Kier alpha value is -1.02. The van der Waals surface area contributed by atoms with Gasteiger partial charge in [-0.25, -0.2) is 0 Å². The summed E-state index contributed by atoms with van der Waals surface area (Å²) in [5.41, 5.74) is 2.73. The van der Waals surface area contributed by atoms with Gasteiger partial charge in [-0.1, -0.05) is 38.8 Å². The van der Waals surface area contributed by atoms with E-state index in [1.807, 2.05) is 0 Å². The highest BCUT2D eigenvalue weighted by Gasteiger charge is 2.22. The van der Waals surface area contributed by atoms with Crippen LogP contribution >= 0.6 is 0 Å². The molecule has 2 atom stereocenters. The average Bonchev–Trinajstić information content (AvgIpc) is 2.45. The van der Waals surface area contributed by atoms with Gasteiger partial charge < -0.3 is 10.2 Å². The van der Waals surface area contributed by atoms with Crippen LogP contribution in [0.1, 0.15) is 45.1 Å². The molecule has 19 heavy (non-hydrogen) atoms. The molecule has 2 unspecified atom stereocenters. The lowest BCUT2D eigenvalue weighted by Gasteiger charge is -2.35. The zero-order valence-electron chi connectivity index (χ0n) is 12.7. The number of rotatable bonds is 5. The summed E-state index contributed by atoms with van der Waals surface area (Å²) in [7, 11) is 2.25. The highest BCUT2D eigenvalue weighted by Crippen LogP contribution is 2.29. The minimum atomic E-state index is 0.725. The second-order valence-electron chi connectivity index (χ2n) is 5.98. The first-order chi connectivity index (χ1) is 9.20. The van der Waals surface area contributed by atoms with Gasteiger partial charge in [-0.05, 0) is 43.0 Å². The molecule has 2 rings (SSSR count). The zero-order valence-corrected chi connectivity index (χ0v) is 12.7. The van der Waals surface area contributed by atoms with Crippen molar-refractivity contribution in [1.82, 2.24) is 5.32 Å². The van der Waals surface area contributed by atoms with Gasteiger partial charge in [-0.15, -0.1) is 0 Å². The van der Waals surface area contributed by atoms with Crippen molar-refractivity contribution in [3.63, 3.8) is 0 Å². The van der Waals surface area contributed by atoms with Crippen molar-refractivity contribution < 1.29 is 0 Å². The summed E-state index contributed by atoms with van der Waals surface area (Å²) in [6.45, 7) is 6.54. The van der Waals surface area contributed by atoms with Gasteiger partial charge in [0.2, 0.25) is 0 Å². The van der Waals surface area contributed by atoms with E-state index in [-0.39, 0.29) is 0 Å². The van der Waals surface area contributed by atoms with Gasteiger partial charge in [0.05, 0.1) is 0 Å². The highest BCUT2D eigenvalue weighted by molar-refractivity contribution is 5.48. The molecule has 1 N–H and O–H groups in total. The summed E-state index contributed by atoms with van der Waals surface area (Å²) in [4.78, 5) is 2.48. The van der Waals surface area contributed by atoms with E-state index in [0.29, 0.717) is 0 Å². The Kier molecular flexibility index (Phi) is 5.26. The standard InChI is InChI=1S/C17H28N2/c1-4-18-13-15-8-10-16(11-9-15)19(3)17-7-5-6-14(2)12-17/h8-11,14,17-18H,4-7,12-13H2,1-3H3. The van der Waals surface area contributed by atoms with Gasteiger partial charge >= 0.3 is 0 Å². The lowest BCUT2D eigenvalue weighted by molar-refractivity contribution is 0.336. The van der Waals surface area contributed by atoms with E-state index in [0.717, 1.165) is 25.0 Å². The normalized spacial score (nSPS) is 23.3. The van der Waals surface area contributed by atoms with Gasteiger partial charge in [0.1, 0.15) is 0 Å². The molecule has 0 aliphatic heterocycles. The lowest BCUT2D eigenvalue weighted by atomic mass is 9.86. The minimum absolute atomic E-state index is 0.725. The fourth-order valence-corrected chi connectivity index (χ4v) is 3.08. The minimum Gasteiger partial charge on any atom is -0.372 e. The molecule has 2 heteroatoms. The molecule has 1 aromatic carbocycles. The number of nitrogens with one attached hydrogen (secondary N) is 1. The molecule has 0 spiro atoms. The monoisotopic (exact) mass is 260 g/mol. The van der Waals surface area contributed by atoms with E-state index in [4.69, 9.17) is 0 Å². The van der Waals surface area contributed by atoms with Gasteiger partial charge in [-0.2, -0.15) is 0 Å². The molecule has 1 aliphatic carbocycles. The Morgan fingerprint density at radius 2 is 1.95 bits per heavy atom. The number of anilines is 1. The molecule has 0 amide bonds. The summed E-state index contributed by atoms with van der Waals surface area (Å²) < 4.78 is 0. The van der Waals surface area contributed by atoms with Gasteiger partial charge in [0, 0.05) is 25.3 Å². The van der Waals surface area contributed by atoms with Crippen molar-refractivity contribution in [3.8, 4) is 0 Å². The lowest BCUT2D eigenvalue weighted by Crippen LogP contribution is -2.35. The molecule has 0 bridgehead atoms. The molecule has 1 saturated carbocycles. The maximum atomic E-state index is 3.37. The van der Waals surface area contributed by atoms with Crippen molar-refractivity contribution in [2.24, 2.45) is 5.92 Å². The molecule has 0 aromatic heterocycles. The fourth-order valence-electron chi connectivity index (χ4n) is 3.08. The predicted octanol–water partition coefficient (Wildman–Crippen LogP) is 3.81. The maximum Gasteiger partial charge on any atom is 0.0366 e. The van der Waals surface area contributed by atoms with Crippen LogP contribution in [0.5, 0.6) is 0 Å². The quantitative estimate of drug-likeness (QED) is 0.866. The smallest absolute Gasteiger partial charge is 0.0366 e. The predicted molar refractivity (Wildman–Crippen MR) is 83.6 cm³/mol. The van der Waals surface area contributed by atoms with Crippen LogP contribution in [0, 0.1) is 5.92 Å². The molecule has 0 heterocycles. The number of benzene rings is 1. The van der Waals surface area contributed by atoms with Crippen LogP contribution in [0.3, 0.4) is 0 Å². The van der Waals surface area contributed by atoms with E-state index >= 15 is 0 Å². The third-order valence-electron chi connectivity index (χ3n) is 4.38. The van der Waals surface area contributed by atoms with Crippen molar-refractivity contribution in [2.75, 3.05) is 18.5 Å². The molecular formula is C17H28N2. The second kappa shape index (κ2) is 6.95. The largest absolute Gasteiger partial charge is 0.372 e. The fraction of sp³-hybridized carbons (Fsp3) is 0.647. The topological polar surface area (TPSA) is 15.3 Å². The summed E-state index contributed by atoms with van der Waals surface area (Å²) in [6.07, 6.45) is 5.48. The zero-order chi connectivity index (χ0) is 13.7. The summed E-state index contributed by atoms with van der Waals surface area (Å²) in [5.74, 6) is 0.884. The van der Waals surface area contributed by atoms with Crippen LogP contribution in [0.2, 0.25) is 0 Å². The van der Waals surface area contributed by atoms with Crippen LogP contribution in [0.4, 0.5) is 5.69 Å². The average molecular weight is 260 g/mol. The molecule has 1 aliphatic rings. The van der Waals surface area contributed by atoms with E-state index in [2.05, 4.69) is 55.4 Å². The molecule has 106 valence electrons. The van der Waals surface area contributed by atoms with E-state index < -0.39 is 0 Å². The molecule has 1 aromatic rings. The van der Waals surface area contributed by atoms with E-state index in [1.165, 1.54) is 36.9 Å². The molecule has 0 radical (unpaired) electrons. The molecule has 1 fully saturated rings.